The molecule has 1 saturated carbocycles. The summed E-state index contributed by atoms with van der Waals surface area (Å²) in [5.74, 6) is -1.16. The normalized spacial score (nSPS) is 20.8. The summed E-state index contributed by atoms with van der Waals surface area (Å²) < 4.78 is 25.6. The van der Waals surface area contributed by atoms with E-state index in [1.807, 2.05) is 6.92 Å². The van der Waals surface area contributed by atoms with Crippen LogP contribution in [0.4, 0.5) is 11.4 Å². The topological polar surface area (TPSA) is 104 Å². The first-order valence-electron chi connectivity index (χ1n) is 8.38. The van der Waals surface area contributed by atoms with Gasteiger partial charge in [-0.05, 0) is 43.9 Å². The summed E-state index contributed by atoms with van der Waals surface area (Å²) in [4.78, 5) is 23.6. The first-order chi connectivity index (χ1) is 11.7. The van der Waals surface area contributed by atoms with E-state index in [4.69, 9.17) is 0 Å². The highest BCUT2D eigenvalue weighted by atomic mass is 32.2. The first kappa shape index (κ1) is 17.7. The van der Waals surface area contributed by atoms with Crippen molar-refractivity contribution in [3.8, 4) is 0 Å². The Kier molecular flexibility index (Phi) is 4.49. The molecule has 8 heteroatoms. The van der Waals surface area contributed by atoms with Crippen LogP contribution in [0.2, 0.25) is 0 Å². The lowest BCUT2D eigenvalue weighted by Gasteiger charge is -2.36. The molecule has 0 radical (unpaired) electrons. The zero-order chi connectivity index (χ0) is 18.2. The standard InChI is InChI=1S/C17H22N2O5S/c1-12-4-5-13(10-14(12)19-8-3-9-25(19,23)24)18-15(20)11-17(16(21)22)6-2-7-17/h4-5,10H,2-3,6-9,11H2,1H3,(H,18,20)(H,21,22). The molecule has 136 valence electrons. The van der Waals surface area contributed by atoms with Gasteiger partial charge in [0.25, 0.3) is 0 Å². The lowest BCUT2D eigenvalue weighted by Crippen LogP contribution is -2.41. The molecule has 3 rings (SSSR count). The lowest BCUT2D eigenvalue weighted by molar-refractivity contribution is -0.157. The van der Waals surface area contributed by atoms with E-state index in [-0.39, 0.29) is 18.1 Å². The molecule has 0 aromatic heterocycles. The summed E-state index contributed by atoms with van der Waals surface area (Å²) in [6.07, 6.45) is 2.37. The Balaban J connectivity index is 1.76. The van der Waals surface area contributed by atoms with Gasteiger partial charge in [-0.2, -0.15) is 0 Å². The van der Waals surface area contributed by atoms with Gasteiger partial charge in [0.2, 0.25) is 15.9 Å². The number of nitrogens with zero attached hydrogens (tertiary/aromatic N) is 1. The molecule has 0 atom stereocenters. The van der Waals surface area contributed by atoms with Gasteiger partial charge in [0, 0.05) is 18.7 Å². The van der Waals surface area contributed by atoms with Crippen LogP contribution in [-0.2, 0) is 19.6 Å². The SMILES string of the molecule is Cc1ccc(NC(=O)CC2(C(=O)O)CCC2)cc1N1CCCS1(=O)=O. The van der Waals surface area contributed by atoms with Gasteiger partial charge in [-0.15, -0.1) is 0 Å². The Labute approximate surface area is 147 Å². The molecule has 0 bridgehead atoms. The van der Waals surface area contributed by atoms with Crippen LogP contribution in [-0.4, -0.2) is 37.7 Å². The Morgan fingerprint density at radius 3 is 2.52 bits per heavy atom. The number of hydrogen-bond acceptors (Lipinski definition) is 4. The van der Waals surface area contributed by atoms with E-state index < -0.39 is 21.4 Å². The molecular formula is C17H22N2O5S. The number of aliphatic carboxylic acids is 1. The van der Waals surface area contributed by atoms with Gasteiger partial charge < -0.3 is 10.4 Å². The molecule has 0 spiro atoms. The van der Waals surface area contributed by atoms with E-state index in [0.717, 1.165) is 12.0 Å². The molecule has 25 heavy (non-hydrogen) atoms. The second-order valence-corrected chi connectivity index (χ2v) is 8.92. The molecule has 2 aliphatic rings. The van der Waals surface area contributed by atoms with Crippen molar-refractivity contribution in [1.82, 2.24) is 0 Å². The Bertz CT molecular complexity index is 814. The molecule has 1 aliphatic carbocycles. The minimum Gasteiger partial charge on any atom is -0.481 e. The monoisotopic (exact) mass is 366 g/mol. The molecule has 1 aliphatic heterocycles. The van der Waals surface area contributed by atoms with E-state index >= 15 is 0 Å². The summed E-state index contributed by atoms with van der Waals surface area (Å²) in [7, 11) is -3.30. The molecule has 2 fully saturated rings. The van der Waals surface area contributed by atoms with Gasteiger partial charge in [0.1, 0.15) is 0 Å². The number of nitrogens with one attached hydrogen (secondary N) is 1. The molecule has 1 aromatic carbocycles. The van der Waals surface area contributed by atoms with Gasteiger partial charge >= 0.3 is 5.97 Å². The number of carbonyl (C=O) groups excluding carboxylic acids is 1. The number of rotatable bonds is 5. The van der Waals surface area contributed by atoms with E-state index in [1.54, 1.807) is 18.2 Å². The largest absolute Gasteiger partial charge is 0.481 e. The second kappa shape index (κ2) is 6.33. The van der Waals surface area contributed by atoms with E-state index in [1.165, 1.54) is 4.31 Å². The minimum absolute atomic E-state index is 0.0619. The highest BCUT2D eigenvalue weighted by Gasteiger charge is 2.45. The lowest BCUT2D eigenvalue weighted by atomic mass is 9.66. The summed E-state index contributed by atoms with van der Waals surface area (Å²) >= 11 is 0. The number of benzene rings is 1. The highest BCUT2D eigenvalue weighted by Crippen LogP contribution is 2.44. The maximum Gasteiger partial charge on any atom is 0.310 e. The van der Waals surface area contributed by atoms with Crippen LogP contribution in [0.25, 0.3) is 0 Å². The Hall–Kier alpha value is -2.09. The number of carboxylic acid groups (broad SMARTS) is 1. The van der Waals surface area contributed by atoms with E-state index in [0.29, 0.717) is 37.2 Å². The van der Waals surface area contributed by atoms with Crippen molar-refractivity contribution in [1.29, 1.82) is 0 Å². The van der Waals surface area contributed by atoms with Crippen LogP contribution in [0.5, 0.6) is 0 Å². The summed E-state index contributed by atoms with van der Waals surface area (Å²) in [6, 6.07) is 5.10. The molecule has 7 nitrogen and oxygen atoms in total. The highest BCUT2D eigenvalue weighted by molar-refractivity contribution is 7.93. The molecule has 1 amide bonds. The molecule has 0 unspecified atom stereocenters. The van der Waals surface area contributed by atoms with Gasteiger partial charge in [0.05, 0.1) is 16.9 Å². The summed E-state index contributed by atoms with van der Waals surface area (Å²) in [6.45, 7) is 2.26. The first-order valence-corrected chi connectivity index (χ1v) is 9.99. The van der Waals surface area contributed by atoms with Gasteiger partial charge in [-0.1, -0.05) is 12.5 Å². The van der Waals surface area contributed by atoms with Crippen molar-refractivity contribution in [2.45, 2.75) is 39.0 Å². The maximum absolute atomic E-state index is 12.3. The van der Waals surface area contributed by atoms with Gasteiger partial charge in [-0.25, -0.2) is 8.42 Å². The van der Waals surface area contributed by atoms with Crippen LogP contribution < -0.4 is 9.62 Å². The maximum atomic E-state index is 12.3. The van der Waals surface area contributed by atoms with Gasteiger partial charge in [-0.3, -0.25) is 13.9 Å². The number of sulfonamides is 1. The number of carbonyl (C=O) groups is 2. The van der Waals surface area contributed by atoms with Crippen LogP contribution >= 0.6 is 0 Å². The molecule has 1 aromatic rings. The zero-order valence-electron chi connectivity index (χ0n) is 14.1. The predicted octanol–water partition coefficient (Wildman–Crippen LogP) is 2.12. The minimum atomic E-state index is -3.30. The number of hydrogen-bond donors (Lipinski definition) is 2. The van der Waals surface area contributed by atoms with Crippen LogP contribution in [0.1, 0.15) is 37.7 Å². The third-order valence-corrected chi connectivity index (χ3v) is 6.98. The molecule has 2 N–H and O–H groups in total. The van der Waals surface area contributed by atoms with Crippen molar-refractivity contribution in [2.24, 2.45) is 5.41 Å². The molecule has 1 heterocycles. The average Bonchev–Trinajstić information content (AvgIpc) is 2.84. The average molecular weight is 366 g/mol. The van der Waals surface area contributed by atoms with Crippen molar-refractivity contribution in [3.63, 3.8) is 0 Å². The Morgan fingerprint density at radius 2 is 2.00 bits per heavy atom. The van der Waals surface area contributed by atoms with Crippen molar-refractivity contribution in [3.05, 3.63) is 23.8 Å². The smallest absolute Gasteiger partial charge is 0.310 e. The predicted molar refractivity (Wildman–Crippen MR) is 94.1 cm³/mol. The van der Waals surface area contributed by atoms with Crippen LogP contribution in [0, 0.1) is 12.3 Å². The summed E-state index contributed by atoms with van der Waals surface area (Å²) in [5, 5.41) is 12.0. The van der Waals surface area contributed by atoms with Crippen molar-refractivity contribution >= 4 is 33.3 Å². The van der Waals surface area contributed by atoms with Crippen LogP contribution in [0.3, 0.4) is 0 Å². The van der Waals surface area contributed by atoms with Crippen molar-refractivity contribution < 1.29 is 23.1 Å². The van der Waals surface area contributed by atoms with E-state index in [9.17, 15) is 23.1 Å². The van der Waals surface area contributed by atoms with E-state index in [2.05, 4.69) is 5.32 Å². The summed E-state index contributed by atoms with van der Waals surface area (Å²) in [5.41, 5.74) is 0.902. The zero-order valence-corrected chi connectivity index (χ0v) is 14.9. The fraction of sp³-hybridized carbons (Fsp3) is 0.529. The second-order valence-electron chi connectivity index (χ2n) is 6.91. The fourth-order valence-electron chi connectivity index (χ4n) is 3.45. The number of aryl methyl sites for hydroxylation is 1. The quantitative estimate of drug-likeness (QED) is 0.831. The Morgan fingerprint density at radius 1 is 1.28 bits per heavy atom. The molecule has 1 saturated heterocycles. The third-order valence-electron chi connectivity index (χ3n) is 5.12. The number of anilines is 2. The third kappa shape index (κ3) is 3.35. The number of amides is 1. The number of carboxylic acids is 1. The van der Waals surface area contributed by atoms with Crippen LogP contribution in [0.15, 0.2) is 18.2 Å². The van der Waals surface area contributed by atoms with Crippen molar-refractivity contribution in [2.75, 3.05) is 21.9 Å². The molecular weight excluding hydrogens is 344 g/mol. The van der Waals surface area contributed by atoms with Gasteiger partial charge in [0.15, 0.2) is 0 Å². The fourth-order valence-corrected chi connectivity index (χ4v) is 5.07.